The monoisotopic (exact) mass is 316 g/mol. The van der Waals surface area contributed by atoms with Gasteiger partial charge in [0.1, 0.15) is 10.8 Å². The Kier molecular flexibility index (Phi) is 4.31. The van der Waals surface area contributed by atoms with Gasteiger partial charge in [0, 0.05) is 12.1 Å². The minimum absolute atomic E-state index is 0.0624. The summed E-state index contributed by atoms with van der Waals surface area (Å²) in [6.45, 7) is 1.82. The highest BCUT2D eigenvalue weighted by atomic mass is 32.2. The van der Waals surface area contributed by atoms with Gasteiger partial charge in [-0.25, -0.2) is 12.8 Å². The molecule has 0 amide bonds. The molecule has 0 saturated heterocycles. The molecule has 0 saturated carbocycles. The Morgan fingerprint density at radius 2 is 2.15 bits per heavy atom. The maximum atomic E-state index is 13.3. The molecule has 6 nitrogen and oxygen atoms in total. The fraction of sp³-hybridized carbons (Fsp3) is 0.273. The van der Waals surface area contributed by atoms with Gasteiger partial charge in [-0.05, 0) is 24.6 Å². The SMILES string of the molecule is CCc1nnc(NS(=O)(=O)c2ccc(F)c(CN)c2)s1. The van der Waals surface area contributed by atoms with E-state index in [2.05, 4.69) is 14.9 Å². The number of nitrogens with two attached hydrogens (primary N) is 1. The van der Waals surface area contributed by atoms with Gasteiger partial charge >= 0.3 is 0 Å². The zero-order chi connectivity index (χ0) is 14.8. The molecule has 2 rings (SSSR count). The first-order valence-corrected chi connectivity index (χ1v) is 8.10. The Hall–Kier alpha value is -1.58. The second kappa shape index (κ2) is 5.81. The molecule has 1 aromatic carbocycles. The number of hydrogen-bond acceptors (Lipinski definition) is 6. The number of aryl methyl sites for hydroxylation is 1. The second-order valence-corrected chi connectivity index (χ2v) is 6.66. The maximum Gasteiger partial charge on any atom is 0.263 e. The summed E-state index contributed by atoms with van der Waals surface area (Å²) in [6, 6.07) is 3.46. The highest BCUT2D eigenvalue weighted by molar-refractivity contribution is 7.93. The van der Waals surface area contributed by atoms with Crippen molar-refractivity contribution in [3.63, 3.8) is 0 Å². The average molecular weight is 316 g/mol. The van der Waals surface area contributed by atoms with Crippen LogP contribution in [0.2, 0.25) is 0 Å². The van der Waals surface area contributed by atoms with E-state index in [1.165, 1.54) is 12.1 Å². The Bertz CT molecular complexity index is 715. The molecule has 0 atom stereocenters. The first kappa shape index (κ1) is 14.8. The van der Waals surface area contributed by atoms with Crippen molar-refractivity contribution in [1.29, 1.82) is 0 Å². The van der Waals surface area contributed by atoms with Gasteiger partial charge in [-0.2, -0.15) is 0 Å². The van der Waals surface area contributed by atoms with Gasteiger partial charge in [0.05, 0.1) is 4.90 Å². The van der Waals surface area contributed by atoms with Crippen LogP contribution in [0.3, 0.4) is 0 Å². The zero-order valence-electron chi connectivity index (χ0n) is 10.6. The van der Waals surface area contributed by atoms with Crippen LogP contribution in [0.25, 0.3) is 0 Å². The Balaban J connectivity index is 2.30. The predicted octanol–water partition coefficient (Wildman–Crippen LogP) is 1.50. The first-order chi connectivity index (χ1) is 9.46. The van der Waals surface area contributed by atoms with Gasteiger partial charge in [0.15, 0.2) is 0 Å². The lowest BCUT2D eigenvalue weighted by Gasteiger charge is -2.07. The van der Waals surface area contributed by atoms with Gasteiger partial charge in [-0.1, -0.05) is 18.3 Å². The van der Waals surface area contributed by atoms with Crippen LogP contribution in [0.4, 0.5) is 9.52 Å². The van der Waals surface area contributed by atoms with Crippen molar-refractivity contribution in [3.8, 4) is 0 Å². The van der Waals surface area contributed by atoms with Crippen LogP contribution in [-0.2, 0) is 23.0 Å². The lowest BCUT2D eigenvalue weighted by atomic mass is 10.2. The molecule has 0 radical (unpaired) electrons. The molecule has 3 N–H and O–H groups in total. The third-order valence-electron chi connectivity index (χ3n) is 2.54. The molecule has 0 aliphatic carbocycles. The van der Waals surface area contributed by atoms with Gasteiger partial charge in [-0.15, -0.1) is 10.2 Å². The van der Waals surface area contributed by atoms with E-state index in [0.717, 1.165) is 22.4 Å². The molecular weight excluding hydrogens is 303 g/mol. The number of aromatic nitrogens is 2. The lowest BCUT2D eigenvalue weighted by molar-refractivity contribution is 0.596. The third kappa shape index (κ3) is 3.11. The van der Waals surface area contributed by atoms with E-state index in [1.807, 2.05) is 6.92 Å². The molecule has 2 aromatic rings. The molecule has 0 spiro atoms. The van der Waals surface area contributed by atoms with Crippen molar-refractivity contribution in [2.75, 3.05) is 4.72 Å². The van der Waals surface area contributed by atoms with Crippen LogP contribution < -0.4 is 10.5 Å². The van der Waals surface area contributed by atoms with Crippen molar-refractivity contribution >= 4 is 26.5 Å². The quantitative estimate of drug-likeness (QED) is 0.871. The Morgan fingerprint density at radius 1 is 1.40 bits per heavy atom. The molecule has 108 valence electrons. The summed E-state index contributed by atoms with van der Waals surface area (Å²) >= 11 is 1.16. The zero-order valence-corrected chi connectivity index (χ0v) is 12.3. The largest absolute Gasteiger partial charge is 0.326 e. The summed E-state index contributed by atoms with van der Waals surface area (Å²) in [5.74, 6) is -0.532. The molecule has 0 unspecified atom stereocenters. The summed E-state index contributed by atoms with van der Waals surface area (Å²) in [6.07, 6.45) is 0.674. The number of rotatable bonds is 5. The van der Waals surface area contributed by atoms with E-state index in [0.29, 0.717) is 6.42 Å². The van der Waals surface area contributed by atoms with E-state index < -0.39 is 15.8 Å². The number of hydrogen-bond donors (Lipinski definition) is 2. The average Bonchev–Trinajstić information content (AvgIpc) is 2.86. The van der Waals surface area contributed by atoms with Crippen molar-refractivity contribution in [2.24, 2.45) is 5.73 Å². The highest BCUT2D eigenvalue weighted by Gasteiger charge is 2.18. The van der Waals surface area contributed by atoms with Gasteiger partial charge in [0.25, 0.3) is 10.0 Å². The minimum Gasteiger partial charge on any atom is -0.326 e. The molecule has 0 aliphatic rings. The number of sulfonamides is 1. The van der Waals surface area contributed by atoms with Crippen LogP contribution in [-0.4, -0.2) is 18.6 Å². The number of benzene rings is 1. The van der Waals surface area contributed by atoms with Crippen LogP contribution in [0.1, 0.15) is 17.5 Å². The van der Waals surface area contributed by atoms with Crippen LogP contribution in [0.5, 0.6) is 0 Å². The first-order valence-electron chi connectivity index (χ1n) is 5.80. The standard InChI is InChI=1S/C11H13FN4O2S2/c1-2-10-14-15-11(19-10)16-20(17,18)8-3-4-9(12)7(5-8)6-13/h3-5H,2,6,13H2,1H3,(H,15,16). The van der Waals surface area contributed by atoms with Crippen LogP contribution in [0, 0.1) is 5.82 Å². The topological polar surface area (TPSA) is 98.0 Å². The van der Waals surface area contributed by atoms with Crippen molar-refractivity contribution in [2.45, 2.75) is 24.8 Å². The van der Waals surface area contributed by atoms with E-state index in [-0.39, 0.29) is 22.1 Å². The van der Waals surface area contributed by atoms with E-state index in [4.69, 9.17) is 5.73 Å². The number of nitrogens with zero attached hydrogens (tertiary/aromatic N) is 2. The van der Waals surface area contributed by atoms with Crippen LogP contribution >= 0.6 is 11.3 Å². The normalized spacial score (nSPS) is 11.6. The van der Waals surface area contributed by atoms with Gasteiger partial charge in [0.2, 0.25) is 5.13 Å². The third-order valence-corrected chi connectivity index (χ3v) is 4.99. The smallest absolute Gasteiger partial charge is 0.263 e. The number of anilines is 1. The number of halogens is 1. The molecule has 1 heterocycles. The van der Waals surface area contributed by atoms with Gasteiger partial charge in [-0.3, -0.25) is 4.72 Å². The molecule has 1 aromatic heterocycles. The van der Waals surface area contributed by atoms with Gasteiger partial charge < -0.3 is 5.73 Å². The predicted molar refractivity (Wildman–Crippen MR) is 74.4 cm³/mol. The van der Waals surface area contributed by atoms with Crippen molar-refractivity contribution in [3.05, 3.63) is 34.6 Å². The van der Waals surface area contributed by atoms with E-state index >= 15 is 0 Å². The summed E-state index contributed by atoms with van der Waals surface area (Å²) in [5.41, 5.74) is 5.50. The van der Waals surface area contributed by atoms with Crippen molar-refractivity contribution in [1.82, 2.24) is 10.2 Å². The van der Waals surface area contributed by atoms with Crippen molar-refractivity contribution < 1.29 is 12.8 Å². The molecule has 0 aliphatic heterocycles. The fourth-order valence-electron chi connectivity index (χ4n) is 1.49. The number of nitrogens with one attached hydrogen (secondary N) is 1. The molecule has 0 bridgehead atoms. The Morgan fingerprint density at radius 3 is 2.75 bits per heavy atom. The minimum atomic E-state index is -3.82. The molecule has 20 heavy (non-hydrogen) atoms. The Labute approximate surface area is 119 Å². The fourth-order valence-corrected chi connectivity index (χ4v) is 3.45. The summed E-state index contributed by atoms with van der Waals surface area (Å²) in [5, 5.41) is 8.47. The second-order valence-electron chi connectivity index (χ2n) is 3.92. The lowest BCUT2D eigenvalue weighted by Crippen LogP contribution is -2.14. The molecular formula is C11H13FN4O2S2. The summed E-state index contributed by atoms with van der Waals surface area (Å²) < 4.78 is 39.9. The van der Waals surface area contributed by atoms with Crippen LogP contribution in [0.15, 0.2) is 23.1 Å². The highest BCUT2D eigenvalue weighted by Crippen LogP contribution is 2.21. The summed E-state index contributed by atoms with van der Waals surface area (Å²) in [4.78, 5) is -0.0624. The molecule has 0 fully saturated rings. The summed E-state index contributed by atoms with van der Waals surface area (Å²) in [7, 11) is -3.82. The van der Waals surface area contributed by atoms with E-state index in [9.17, 15) is 12.8 Å². The maximum absolute atomic E-state index is 13.3. The molecule has 9 heteroatoms. The van der Waals surface area contributed by atoms with E-state index in [1.54, 1.807) is 0 Å².